The maximum absolute atomic E-state index is 10.6. The number of ether oxygens (including phenoxy) is 1. The molecule has 0 spiro atoms. The molecule has 2 N–H and O–H groups in total. The fourth-order valence-electron chi connectivity index (χ4n) is 2.73. The van der Waals surface area contributed by atoms with Gasteiger partial charge in [0.1, 0.15) is 0 Å². The topological polar surface area (TPSA) is 78.4 Å². The van der Waals surface area contributed by atoms with E-state index in [1.807, 2.05) is 0 Å². The van der Waals surface area contributed by atoms with E-state index in [0.717, 1.165) is 12.0 Å². The number of nitrogens with zero attached hydrogens (tertiary/aromatic N) is 1. The van der Waals surface area contributed by atoms with Gasteiger partial charge in [-0.3, -0.25) is 10.1 Å². The lowest BCUT2D eigenvalue weighted by molar-refractivity contribution is -0.384. The number of benzene rings is 1. The molecule has 1 aliphatic rings. The molecular formula is C14H19ClN2O3. The Hall–Kier alpha value is -1.17. The molecule has 5 nitrogen and oxygen atoms in total. The maximum atomic E-state index is 10.6. The van der Waals surface area contributed by atoms with Gasteiger partial charge in [-0.25, -0.2) is 0 Å². The van der Waals surface area contributed by atoms with Gasteiger partial charge >= 0.3 is 0 Å². The summed E-state index contributed by atoms with van der Waals surface area (Å²) >= 11 is 6.02. The summed E-state index contributed by atoms with van der Waals surface area (Å²) in [5, 5.41) is 11.0. The lowest BCUT2D eigenvalue weighted by atomic mass is 9.97. The summed E-state index contributed by atoms with van der Waals surface area (Å²) in [5.74, 6) is 1.08. The number of non-ortho nitro benzene ring substituents is 1. The molecule has 0 aromatic heterocycles. The fraction of sp³-hybridized carbons (Fsp3) is 0.571. The molecule has 1 aromatic rings. The third kappa shape index (κ3) is 3.69. The van der Waals surface area contributed by atoms with Crippen LogP contribution in [0.25, 0.3) is 0 Å². The van der Waals surface area contributed by atoms with Gasteiger partial charge in [-0.15, -0.1) is 0 Å². The minimum absolute atomic E-state index is 0.00209. The molecule has 1 saturated carbocycles. The molecule has 0 radical (unpaired) electrons. The van der Waals surface area contributed by atoms with Crippen molar-refractivity contribution in [2.24, 2.45) is 17.6 Å². The molecule has 0 amide bonds. The van der Waals surface area contributed by atoms with E-state index >= 15 is 0 Å². The second kappa shape index (κ2) is 7.02. The Bertz CT molecular complexity index is 481. The van der Waals surface area contributed by atoms with E-state index in [9.17, 15) is 10.1 Å². The molecule has 1 aromatic carbocycles. The van der Waals surface area contributed by atoms with Crippen LogP contribution in [-0.2, 0) is 11.3 Å². The van der Waals surface area contributed by atoms with E-state index in [0.29, 0.717) is 36.6 Å². The smallest absolute Gasteiger partial charge is 0.270 e. The number of halogens is 1. The monoisotopic (exact) mass is 298 g/mol. The normalized spacial score (nSPS) is 22.1. The van der Waals surface area contributed by atoms with Crippen molar-refractivity contribution in [3.63, 3.8) is 0 Å². The predicted molar refractivity (Wildman–Crippen MR) is 77.6 cm³/mol. The first-order valence-corrected chi connectivity index (χ1v) is 7.20. The third-order valence-corrected chi connectivity index (χ3v) is 4.31. The van der Waals surface area contributed by atoms with Crippen LogP contribution in [0, 0.1) is 22.0 Å². The predicted octanol–water partition coefficient (Wildman–Crippen LogP) is 3.14. The Morgan fingerprint density at radius 1 is 1.40 bits per heavy atom. The van der Waals surface area contributed by atoms with Crippen LogP contribution in [0.3, 0.4) is 0 Å². The van der Waals surface area contributed by atoms with Crippen molar-refractivity contribution in [2.75, 3.05) is 13.2 Å². The highest BCUT2D eigenvalue weighted by molar-refractivity contribution is 6.31. The van der Waals surface area contributed by atoms with Crippen molar-refractivity contribution in [3.8, 4) is 0 Å². The van der Waals surface area contributed by atoms with Gasteiger partial charge in [0.05, 0.1) is 23.2 Å². The third-order valence-electron chi connectivity index (χ3n) is 3.96. The molecule has 6 heteroatoms. The quantitative estimate of drug-likeness (QED) is 0.646. The molecule has 1 fully saturated rings. The highest BCUT2D eigenvalue weighted by Gasteiger charge is 2.26. The Labute approximate surface area is 123 Å². The number of nitro benzene ring substituents is 1. The molecule has 20 heavy (non-hydrogen) atoms. The molecule has 0 saturated heterocycles. The molecule has 2 unspecified atom stereocenters. The number of nitrogens with two attached hydrogens (primary N) is 1. The minimum Gasteiger partial charge on any atom is -0.376 e. The van der Waals surface area contributed by atoms with Gasteiger partial charge in [0, 0.05) is 12.1 Å². The number of rotatable bonds is 6. The number of nitro groups is 1. The van der Waals surface area contributed by atoms with Crippen LogP contribution < -0.4 is 5.73 Å². The molecule has 2 atom stereocenters. The summed E-state index contributed by atoms with van der Waals surface area (Å²) in [5.41, 5.74) is 6.51. The SMILES string of the molecule is NCC1CCCC1COCc1ccc([N+](=O)[O-])cc1Cl. The van der Waals surface area contributed by atoms with Crippen molar-refractivity contribution in [1.82, 2.24) is 0 Å². The van der Waals surface area contributed by atoms with E-state index in [2.05, 4.69) is 0 Å². The van der Waals surface area contributed by atoms with Crippen molar-refractivity contribution in [2.45, 2.75) is 25.9 Å². The molecule has 0 bridgehead atoms. The molecule has 1 aliphatic carbocycles. The summed E-state index contributed by atoms with van der Waals surface area (Å²) in [6.45, 7) is 1.77. The Morgan fingerprint density at radius 3 is 2.80 bits per heavy atom. The average molecular weight is 299 g/mol. The Balaban J connectivity index is 1.86. The summed E-state index contributed by atoms with van der Waals surface area (Å²) in [4.78, 5) is 10.2. The molecule has 0 heterocycles. The summed E-state index contributed by atoms with van der Waals surface area (Å²) in [6, 6.07) is 4.46. The first-order valence-electron chi connectivity index (χ1n) is 6.82. The van der Waals surface area contributed by atoms with Crippen molar-refractivity contribution in [3.05, 3.63) is 38.9 Å². The molecule has 110 valence electrons. The van der Waals surface area contributed by atoms with Crippen LogP contribution in [0.2, 0.25) is 5.02 Å². The summed E-state index contributed by atoms with van der Waals surface area (Å²) < 4.78 is 5.71. The Kier molecular flexibility index (Phi) is 5.34. The maximum Gasteiger partial charge on any atom is 0.270 e. The van der Waals surface area contributed by atoms with E-state index in [1.54, 1.807) is 6.07 Å². The lowest BCUT2D eigenvalue weighted by Gasteiger charge is -2.17. The van der Waals surface area contributed by atoms with Crippen LogP contribution in [0.1, 0.15) is 24.8 Å². The number of hydrogen-bond donors (Lipinski definition) is 1. The number of hydrogen-bond acceptors (Lipinski definition) is 4. The Morgan fingerprint density at radius 2 is 2.15 bits per heavy atom. The standard InChI is InChI=1S/C14H19ClN2O3/c15-14-6-13(17(18)19)5-4-12(14)9-20-8-11-3-1-2-10(11)7-16/h4-6,10-11H,1-3,7-9,16H2. The van der Waals surface area contributed by atoms with Gasteiger partial charge in [-0.2, -0.15) is 0 Å². The summed E-state index contributed by atoms with van der Waals surface area (Å²) in [6.07, 6.45) is 3.56. The highest BCUT2D eigenvalue weighted by Crippen LogP contribution is 2.31. The van der Waals surface area contributed by atoms with Crippen LogP contribution in [0.15, 0.2) is 18.2 Å². The van der Waals surface area contributed by atoms with Crippen molar-refractivity contribution < 1.29 is 9.66 Å². The van der Waals surface area contributed by atoms with Gasteiger partial charge in [0.25, 0.3) is 5.69 Å². The zero-order chi connectivity index (χ0) is 14.5. The van der Waals surface area contributed by atoms with Gasteiger partial charge < -0.3 is 10.5 Å². The first kappa shape index (κ1) is 15.2. The van der Waals surface area contributed by atoms with Crippen molar-refractivity contribution >= 4 is 17.3 Å². The van der Waals surface area contributed by atoms with E-state index < -0.39 is 4.92 Å². The largest absolute Gasteiger partial charge is 0.376 e. The second-order valence-electron chi connectivity index (χ2n) is 5.23. The fourth-order valence-corrected chi connectivity index (χ4v) is 2.96. The van der Waals surface area contributed by atoms with Gasteiger partial charge in [-0.05, 0) is 42.9 Å². The second-order valence-corrected chi connectivity index (χ2v) is 5.64. The van der Waals surface area contributed by atoms with Crippen LogP contribution in [0.4, 0.5) is 5.69 Å². The van der Waals surface area contributed by atoms with Gasteiger partial charge in [0.15, 0.2) is 0 Å². The van der Waals surface area contributed by atoms with Crippen LogP contribution in [-0.4, -0.2) is 18.1 Å². The highest BCUT2D eigenvalue weighted by atomic mass is 35.5. The van der Waals surface area contributed by atoms with Crippen LogP contribution in [0.5, 0.6) is 0 Å². The van der Waals surface area contributed by atoms with E-state index in [4.69, 9.17) is 22.1 Å². The zero-order valence-electron chi connectivity index (χ0n) is 11.3. The van der Waals surface area contributed by atoms with Crippen molar-refractivity contribution in [1.29, 1.82) is 0 Å². The van der Waals surface area contributed by atoms with E-state index in [1.165, 1.54) is 25.0 Å². The minimum atomic E-state index is -0.457. The zero-order valence-corrected chi connectivity index (χ0v) is 12.0. The molecule has 0 aliphatic heterocycles. The lowest BCUT2D eigenvalue weighted by Crippen LogP contribution is -2.22. The summed E-state index contributed by atoms with van der Waals surface area (Å²) in [7, 11) is 0. The van der Waals surface area contributed by atoms with Gasteiger partial charge in [0.2, 0.25) is 0 Å². The first-order chi connectivity index (χ1) is 9.61. The van der Waals surface area contributed by atoms with Crippen LogP contribution >= 0.6 is 11.6 Å². The molecule has 2 rings (SSSR count). The molecular weight excluding hydrogens is 280 g/mol. The average Bonchev–Trinajstić information content (AvgIpc) is 2.87. The van der Waals surface area contributed by atoms with Gasteiger partial charge in [-0.1, -0.05) is 18.0 Å². The van der Waals surface area contributed by atoms with E-state index in [-0.39, 0.29) is 5.69 Å².